The van der Waals surface area contributed by atoms with Gasteiger partial charge in [0.1, 0.15) is 9.49 Å². The van der Waals surface area contributed by atoms with E-state index in [0.29, 0.717) is 6.42 Å². The van der Waals surface area contributed by atoms with Crippen molar-refractivity contribution in [3.63, 3.8) is 0 Å². The first kappa shape index (κ1) is 15.2. The van der Waals surface area contributed by atoms with Crippen LogP contribution >= 0.6 is 23.5 Å². The van der Waals surface area contributed by atoms with Gasteiger partial charge >= 0.3 is 5.97 Å². The van der Waals surface area contributed by atoms with Crippen LogP contribution < -0.4 is 0 Å². The Balaban J connectivity index is 2.01. The number of ether oxygens (including phenoxy) is 1. The predicted molar refractivity (Wildman–Crippen MR) is 96.9 cm³/mol. The zero-order chi connectivity index (χ0) is 15.9. The van der Waals surface area contributed by atoms with Crippen LogP contribution in [0.15, 0.2) is 54.6 Å². The summed E-state index contributed by atoms with van der Waals surface area (Å²) in [7, 11) is 1.51. The van der Waals surface area contributed by atoms with E-state index >= 15 is 0 Å². The highest BCUT2D eigenvalue weighted by molar-refractivity contribution is 8.20. The summed E-state index contributed by atoms with van der Waals surface area (Å²) >= 11 is 3.81. The van der Waals surface area contributed by atoms with Crippen LogP contribution in [0.3, 0.4) is 0 Å². The number of thioether (sulfide) groups is 2. The number of hydrogen-bond acceptors (Lipinski definition) is 4. The van der Waals surface area contributed by atoms with Gasteiger partial charge in [-0.05, 0) is 23.1 Å². The minimum Gasteiger partial charge on any atom is -0.468 e. The summed E-state index contributed by atoms with van der Waals surface area (Å²) in [6.07, 6.45) is 0.708. The lowest BCUT2D eigenvalue weighted by molar-refractivity contribution is -0.147. The van der Waals surface area contributed by atoms with E-state index in [2.05, 4.69) is 36.4 Å². The second-order valence-corrected chi connectivity index (χ2v) is 8.79. The largest absolute Gasteiger partial charge is 0.468 e. The first-order valence-corrected chi connectivity index (χ1v) is 9.72. The van der Waals surface area contributed by atoms with Gasteiger partial charge in [-0.1, -0.05) is 54.6 Å². The lowest BCUT2D eigenvalue weighted by Gasteiger charge is -2.40. The van der Waals surface area contributed by atoms with E-state index in [1.807, 2.05) is 41.7 Å². The fourth-order valence-corrected chi connectivity index (χ4v) is 7.78. The fraction of sp³-hybridized carbons (Fsp3) is 0.316. The molecule has 1 heterocycles. The maximum absolute atomic E-state index is 13.1. The average Bonchev–Trinajstić information content (AvgIpc) is 3.21. The minimum atomic E-state index is -0.654. The highest BCUT2D eigenvalue weighted by atomic mass is 32.2. The maximum atomic E-state index is 13.1. The first-order chi connectivity index (χ1) is 11.2. The van der Waals surface area contributed by atoms with Crippen LogP contribution in [0.5, 0.6) is 0 Å². The zero-order valence-corrected chi connectivity index (χ0v) is 14.6. The van der Waals surface area contributed by atoms with Gasteiger partial charge in [-0.25, -0.2) is 0 Å². The molecule has 0 N–H and O–H groups in total. The quantitative estimate of drug-likeness (QED) is 0.771. The third-order valence-electron chi connectivity index (χ3n) is 4.88. The Hall–Kier alpha value is -1.39. The lowest BCUT2D eigenvalue weighted by atomic mass is 9.77. The molecule has 0 unspecified atom stereocenters. The Morgan fingerprint density at radius 2 is 1.65 bits per heavy atom. The summed E-state index contributed by atoms with van der Waals surface area (Å²) in [5.41, 5.74) is 2.97. The molecule has 0 aromatic heterocycles. The normalized spacial score (nSPS) is 24.6. The van der Waals surface area contributed by atoms with Crippen molar-refractivity contribution in [2.24, 2.45) is 0 Å². The topological polar surface area (TPSA) is 26.3 Å². The van der Waals surface area contributed by atoms with Crippen molar-refractivity contribution in [1.82, 2.24) is 0 Å². The van der Waals surface area contributed by atoms with Crippen molar-refractivity contribution in [3.05, 3.63) is 71.3 Å². The van der Waals surface area contributed by atoms with Crippen LogP contribution in [0, 0.1) is 0 Å². The SMILES string of the molecule is COC(=O)[C@@]1(c2ccccc2)Cc2ccccc2C12SCCS2. The van der Waals surface area contributed by atoms with Crippen molar-refractivity contribution < 1.29 is 9.53 Å². The summed E-state index contributed by atoms with van der Waals surface area (Å²) < 4.78 is 5.06. The van der Waals surface area contributed by atoms with Crippen molar-refractivity contribution in [2.45, 2.75) is 15.9 Å². The van der Waals surface area contributed by atoms with Gasteiger partial charge in [0, 0.05) is 11.5 Å². The second-order valence-electron chi connectivity index (χ2n) is 5.91. The van der Waals surface area contributed by atoms with Crippen LogP contribution in [-0.2, 0) is 25.4 Å². The number of benzene rings is 2. The van der Waals surface area contributed by atoms with Crippen molar-refractivity contribution in [1.29, 1.82) is 0 Å². The summed E-state index contributed by atoms with van der Waals surface area (Å²) in [6.45, 7) is 0. The Bertz CT molecular complexity index is 738. The number of methoxy groups -OCH3 is 1. The molecule has 1 fully saturated rings. The molecule has 2 aromatic rings. The molecule has 0 saturated carbocycles. The molecular formula is C19H18O2S2. The van der Waals surface area contributed by atoms with Gasteiger partial charge in [0.05, 0.1) is 7.11 Å². The molecule has 1 saturated heterocycles. The van der Waals surface area contributed by atoms with Crippen molar-refractivity contribution >= 4 is 29.5 Å². The number of esters is 1. The summed E-state index contributed by atoms with van der Waals surface area (Å²) in [6, 6.07) is 18.7. The molecule has 1 atom stereocenters. The van der Waals surface area contributed by atoms with Gasteiger partial charge in [0.2, 0.25) is 0 Å². The van der Waals surface area contributed by atoms with Crippen LogP contribution in [-0.4, -0.2) is 24.6 Å². The molecule has 0 radical (unpaired) electrons. The number of hydrogen-bond donors (Lipinski definition) is 0. The first-order valence-electron chi connectivity index (χ1n) is 7.75. The summed E-state index contributed by atoms with van der Waals surface area (Å²) in [5.74, 6) is 2.00. The van der Waals surface area contributed by atoms with Crippen molar-refractivity contribution in [3.8, 4) is 0 Å². The van der Waals surface area contributed by atoms with E-state index < -0.39 is 5.41 Å². The number of rotatable bonds is 2. The predicted octanol–water partition coefficient (Wildman–Crippen LogP) is 3.99. The fourth-order valence-electron chi connectivity index (χ4n) is 3.96. The maximum Gasteiger partial charge on any atom is 0.319 e. The molecule has 1 aliphatic carbocycles. The standard InChI is InChI=1S/C19H18O2S2/c1-21-17(20)18(15-8-3-2-4-9-15)13-14-7-5-6-10-16(14)19(18)22-11-12-23-19/h2-10H,11-13H2,1H3/t18-/m0/s1. The van der Waals surface area contributed by atoms with E-state index in [4.69, 9.17) is 4.74 Å². The summed E-state index contributed by atoms with van der Waals surface area (Å²) in [5, 5.41) is 0. The highest BCUT2D eigenvalue weighted by Gasteiger charge is 2.65. The molecule has 0 bridgehead atoms. The van der Waals surface area contributed by atoms with Gasteiger partial charge < -0.3 is 4.74 Å². The zero-order valence-electron chi connectivity index (χ0n) is 13.0. The van der Waals surface area contributed by atoms with E-state index in [1.54, 1.807) is 0 Å². The van der Waals surface area contributed by atoms with Crippen LogP contribution in [0.25, 0.3) is 0 Å². The van der Waals surface area contributed by atoms with Gasteiger partial charge in [-0.2, -0.15) is 0 Å². The molecule has 4 heteroatoms. The summed E-state index contributed by atoms with van der Waals surface area (Å²) in [4.78, 5) is 13.1. The molecule has 1 spiro atoms. The third-order valence-corrected chi connectivity index (χ3v) is 8.62. The van der Waals surface area contributed by atoms with E-state index in [1.165, 1.54) is 18.2 Å². The molecule has 4 rings (SSSR count). The van der Waals surface area contributed by atoms with Gasteiger partial charge in [-0.3, -0.25) is 4.79 Å². The molecular weight excluding hydrogens is 324 g/mol. The van der Waals surface area contributed by atoms with E-state index in [-0.39, 0.29) is 10.0 Å². The monoisotopic (exact) mass is 342 g/mol. The Morgan fingerprint density at radius 1 is 1.00 bits per heavy atom. The Morgan fingerprint density at radius 3 is 2.35 bits per heavy atom. The van der Waals surface area contributed by atoms with Gasteiger partial charge in [-0.15, -0.1) is 23.5 Å². The van der Waals surface area contributed by atoms with Crippen LogP contribution in [0.1, 0.15) is 16.7 Å². The Kier molecular flexibility index (Phi) is 3.69. The van der Waals surface area contributed by atoms with Gasteiger partial charge in [0.25, 0.3) is 0 Å². The molecule has 2 aromatic carbocycles. The second kappa shape index (κ2) is 5.60. The highest BCUT2D eigenvalue weighted by Crippen LogP contribution is 2.68. The van der Waals surface area contributed by atoms with E-state index in [0.717, 1.165) is 17.1 Å². The average molecular weight is 342 g/mol. The van der Waals surface area contributed by atoms with Crippen LogP contribution in [0.2, 0.25) is 0 Å². The molecule has 0 amide bonds. The number of carbonyl (C=O) groups is 1. The van der Waals surface area contributed by atoms with Gasteiger partial charge in [0.15, 0.2) is 0 Å². The molecule has 23 heavy (non-hydrogen) atoms. The Labute approximate surface area is 145 Å². The number of fused-ring (bicyclic) bond motifs is 2. The smallest absolute Gasteiger partial charge is 0.319 e. The molecule has 2 nitrogen and oxygen atoms in total. The molecule has 118 valence electrons. The van der Waals surface area contributed by atoms with Crippen molar-refractivity contribution in [2.75, 3.05) is 18.6 Å². The van der Waals surface area contributed by atoms with Crippen LogP contribution in [0.4, 0.5) is 0 Å². The minimum absolute atomic E-state index is 0.123. The molecule has 1 aliphatic heterocycles. The third kappa shape index (κ3) is 1.94. The number of carbonyl (C=O) groups excluding carboxylic acids is 1. The lowest BCUT2D eigenvalue weighted by Crippen LogP contribution is -2.48. The van der Waals surface area contributed by atoms with E-state index in [9.17, 15) is 4.79 Å². The molecule has 2 aliphatic rings.